The molecule has 2 saturated heterocycles. The third-order valence-electron chi connectivity index (χ3n) is 4.33. The summed E-state index contributed by atoms with van der Waals surface area (Å²) >= 11 is 0. The zero-order valence-corrected chi connectivity index (χ0v) is 10.6. The van der Waals surface area contributed by atoms with Crippen LogP contribution in [0.5, 0.6) is 0 Å². The maximum absolute atomic E-state index is 3.54. The third-order valence-corrected chi connectivity index (χ3v) is 4.33. The minimum Gasteiger partial charge on any atom is -0.312 e. The van der Waals surface area contributed by atoms with Crippen LogP contribution in [0.1, 0.15) is 46.5 Å². The first kappa shape index (κ1) is 11.4. The summed E-state index contributed by atoms with van der Waals surface area (Å²) in [7, 11) is 0. The van der Waals surface area contributed by atoms with Crippen LogP contribution in [0.2, 0.25) is 0 Å². The Kier molecular flexibility index (Phi) is 3.36. The fourth-order valence-electron chi connectivity index (χ4n) is 2.91. The molecule has 2 atom stereocenters. The van der Waals surface area contributed by atoms with Crippen molar-refractivity contribution in [3.63, 3.8) is 0 Å². The van der Waals surface area contributed by atoms with Crippen molar-refractivity contribution in [3.05, 3.63) is 0 Å². The van der Waals surface area contributed by atoms with Crippen molar-refractivity contribution in [1.29, 1.82) is 0 Å². The van der Waals surface area contributed by atoms with Crippen LogP contribution in [-0.2, 0) is 0 Å². The number of nitrogens with one attached hydrogen (secondary N) is 1. The van der Waals surface area contributed by atoms with Crippen LogP contribution >= 0.6 is 0 Å². The number of likely N-dealkylation sites (tertiary alicyclic amines) is 1. The van der Waals surface area contributed by atoms with Gasteiger partial charge in [-0.2, -0.15) is 0 Å². The highest BCUT2D eigenvalue weighted by Gasteiger charge is 2.43. The molecular formula is C13H26N2. The van der Waals surface area contributed by atoms with Crippen molar-refractivity contribution in [2.24, 2.45) is 5.92 Å². The van der Waals surface area contributed by atoms with E-state index in [4.69, 9.17) is 0 Å². The van der Waals surface area contributed by atoms with Gasteiger partial charge in [-0.05, 0) is 20.3 Å². The lowest BCUT2D eigenvalue weighted by molar-refractivity contribution is 0.137. The van der Waals surface area contributed by atoms with Gasteiger partial charge >= 0.3 is 0 Å². The first-order chi connectivity index (χ1) is 7.13. The van der Waals surface area contributed by atoms with Crippen LogP contribution in [0.15, 0.2) is 0 Å². The smallest absolute Gasteiger partial charge is 0.0247 e. The summed E-state index contributed by atoms with van der Waals surface area (Å²) in [6, 6.07) is 0.815. The predicted molar refractivity (Wildman–Crippen MR) is 65.1 cm³/mol. The Morgan fingerprint density at radius 1 is 1.27 bits per heavy atom. The Bertz CT molecular complexity index is 201. The molecule has 0 aromatic rings. The number of rotatable bonds is 5. The van der Waals surface area contributed by atoms with E-state index in [9.17, 15) is 0 Å². The summed E-state index contributed by atoms with van der Waals surface area (Å²) in [5.41, 5.74) is 0.425. The molecule has 2 heterocycles. The standard InChI is InChI=1S/C13H26N2/c1-4-5-6-7-13(2,3)15-9-11-8-14-12(11)10-15/h11-12,14H,4-10H2,1-3H3. The van der Waals surface area contributed by atoms with E-state index in [1.165, 1.54) is 45.3 Å². The topological polar surface area (TPSA) is 15.3 Å². The van der Waals surface area contributed by atoms with Gasteiger partial charge in [0.15, 0.2) is 0 Å². The summed E-state index contributed by atoms with van der Waals surface area (Å²) in [6.07, 6.45) is 5.48. The van der Waals surface area contributed by atoms with E-state index in [1.807, 2.05) is 0 Å². The van der Waals surface area contributed by atoms with Crippen LogP contribution in [-0.4, -0.2) is 36.1 Å². The van der Waals surface area contributed by atoms with E-state index in [2.05, 4.69) is 31.0 Å². The lowest BCUT2D eigenvalue weighted by Crippen LogP contribution is -2.52. The Labute approximate surface area is 94.4 Å². The number of nitrogens with zero attached hydrogens (tertiary/aromatic N) is 1. The van der Waals surface area contributed by atoms with E-state index in [0.29, 0.717) is 5.54 Å². The molecule has 0 radical (unpaired) electrons. The predicted octanol–water partition coefficient (Wildman–Crippen LogP) is 2.25. The maximum atomic E-state index is 3.54. The highest BCUT2D eigenvalue weighted by Crippen LogP contribution is 2.31. The molecule has 0 aromatic carbocycles. The van der Waals surface area contributed by atoms with Gasteiger partial charge in [0.25, 0.3) is 0 Å². The molecule has 88 valence electrons. The van der Waals surface area contributed by atoms with Crippen LogP contribution in [0.25, 0.3) is 0 Å². The van der Waals surface area contributed by atoms with E-state index >= 15 is 0 Å². The monoisotopic (exact) mass is 210 g/mol. The van der Waals surface area contributed by atoms with Crippen molar-refractivity contribution >= 4 is 0 Å². The second kappa shape index (κ2) is 4.42. The Morgan fingerprint density at radius 2 is 2.07 bits per heavy atom. The third kappa shape index (κ3) is 2.36. The molecule has 2 heteroatoms. The number of unbranched alkanes of at least 4 members (excludes halogenated alkanes) is 2. The molecule has 0 amide bonds. The van der Waals surface area contributed by atoms with Gasteiger partial charge in [0.2, 0.25) is 0 Å². The molecule has 2 unspecified atom stereocenters. The van der Waals surface area contributed by atoms with E-state index in [-0.39, 0.29) is 0 Å². The molecule has 0 spiro atoms. The number of fused-ring (bicyclic) bond motifs is 1. The van der Waals surface area contributed by atoms with Crippen LogP contribution in [0, 0.1) is 5.92 Å². The number of hydrogen-bond donors (Lipinski definition) is 1. The first-order valence-corrected chi connectivity index (χ1v) is 6.62. The zero-order valence-electron chi connectivity index (χ0n) is 10.6. The molecule has 0 saturated carbocycles. The molecule has 1 N–H and O–H groups in total. The van der Waals surface area contributed by atoms with Crippen molar-refractivity contribution in [1.82, 2.24) is 10.2 Å². The summed E-state index contributed by atoms with van der Waals surface area (Å²) in [5.74, 6) is 0.954. The first-order valence-electron chi connectivity index (χ1n) is 6.62. The van der Waals surface area contributed by atoms with Crippen LogP contribution in [0.3, 0.4) is 0 Å². The van der Waals surface area contributed by atoms with Gasteiger partial charge in [-0.1, -0.05) is 26.2 Å². The quantitative estimate of drug-likeness (QED) is 0.700. The molecule has 2 aliphatic rings. The molecule has 2 fully saturated rings. The normalized spacial score (nSPS) is 31.4. The fourth-order valence-corrected chi connectivity index (χ4v) is 2.91. The van der Waals surface area contributed by atoms with Gasteiger partial charge in [-0.3, -0.25) is 4.90 Å². The summed E-state index contributed by atoms with van der Waals surface area (Å²) in [4.78, 5) is 2.71. The van der Waals surface area contributed by atoms with Gasteiger partial charge in [0.1, 0.15) is 0 Å². The molecule has 2 rings (SSSR count). The lowest BCUT2D eigenvalue weighted by atomic mass is 9.94. The average molecular weight is 210 g/mol. The van der Waals surface area contributed by atoms with Crippen molar-refractivity contribution in [2.45, 2.75) is 58.0 Å². The van der Waals surface area contributed by atoms with Crippen LogP contribution in [0.4, 0.5) is 0 Å². The number of hydrogen-bond acceptors (Lipinski definition) is 2. The molecular weight excluding hydrogens is 184 g/mol. The summed E-state index contributed by atoms with van der Waals surface area (Å²) < 4.78 is 0. The summed E-state index contributed by atoms with van der Waals surface area (Å²) in [5, 5.41) is 3.54. The molecule has 0 aromatic heterocycles. The Balaban J connectivity index is 1.80. The van der Waals surface area contributed by atoms with Gasteiger partial charge in [0.05, 0.1) is 0 Å². The van der Waals surface area contributed by atoms with Gasteiger partial charge in [0, 0.05) is 37.1 Å². The molecule has 0 bridgehead atoms. The average Bonchev–Trinajstić information content (AvgIpc) is 2.43. The van der Waals surface area contributed by atoms with E-state index in [0.717, 1.165) is 12.0 Å². The van der Waals surface area contributed by atoms with E-state index in [1.54, 1.807) is 0 Å². The van der Waals surface area contributed by atoms with Crippen molar-refractivity contribution in [3.8, 4) is 0 Å². The summed E-state index contributed by atoms with van der Waals surface area (Å²) in [6.45, 7) is 11.0. The second-order valence-corrected chi connectivity index (χ2v) is 5.95. The van der Waals surface area contributed by atoms with Crippen LogP contribution < -0.4 is 5.32 Å². The molecule has 2 nitrogen and oxygen atoms in total. The molecule has 0 aliphatic carbocycles. The highest BCUT2D eigenvalue weighted by atomic mass is 15.3. The minimum absolute atomic E-state index is 0.425. The van der Waals surface area contributed by atoms with Crippen molar-refractivity contribution < 1.29 is 0 Å². The molecule has 2 aliphatic heterocycles. The van der Waals surface area contributed by atoms with E-state index < -0.39 is 0 Å². The fraction of sp³-hybridized carbons (Fsp3) is 1.00. The maximum Gasteiger partial charge on any atom is 0.0247 e. The second-order valence-electron chi connectivity index (χ2n) is 5.95. The zero-order chi connectivity index (χ0) is 10.9. The van der Waals surface area contributed by atoms with Crippen molar-refractivity contribution in [2.75, 3.05) is 19.6 Å². The molecule has 15 heavy (non-hydrogen) atoms. The van der Waals surface area contributed by atoms with Gasteiger partial charge in [-0.15, -0.1) is 0 Å². The lowest BCUT2D eigenvalue weighted by Gasteiger charge is -2.35. The minimum atomic E-state index is 0.425. The Morgan fingerprint density at radius 3 is 2.53 bits per heavy atom. The largest absolute Gasteiger partial charge is 0.312 e. The highest BCUT2D eigenvalue weighted by molar-refractivity contribution is 5.01. The Hall–Kier alpha value is -0.0800. The SMILES string of the molecule is CCCCCC(C)(C)N1CC2CNC2C1. The van der Waals surface area contributed by atoms with Gasteiger partial charge < -0.3 is 5.32 Å². The van der Waals surface area contributed by atoms with Gasteiger partial charge in [-0.25, -0.2) is 0 Å².